The van der Waals surface area contributed by atoms with E-state index in [1.165, 1.54) is 12.1 Å². The van der Waals surface area contributed by atoms with E-state index in [4.69, 9.17) is 4.74 Å². The van der Waals surface area contributed by atoms with Gasteiger partial charge in [0.2, 0.25) is 0 Å². The Balaban J connectivity index is 1.95. The Kier molecular flexibility index (Phi) is 5.44. The molecule has 0 amide bonds. The number of hydrogen-bond acceptors (Lipinski definition) is 6. The number of hydrogen-bond donors (Lipinski definition) is 0. The smallest absolute Gasteiger partial charge is 0.316 e. The molecule has 1 aromatic carbocycles. The average molecular weight is 357 g/mol. The van der Waals surface area contributed by atoms with Gasteiger partial charge in [-0.25, -0.2) is 0 Å². The number of rotatable bonds is 5. The molecule has 2 atom stereocenters. The van der Waals surface area contributed by atoms with Crippen LogP contribution >= 0.6 is 0 Å². The number of carbonyl (C=O) groups is 1. The highest BCUT2D eigenvalue weighted by atomic mass is 16.6. The largest absolute Gasteiger partial charge is 0.462 e. The molecular weight excluding hydrogens is 334 g/mol. The third kappa shape index (κ3) is 3.66. The Bertz CT molecular complexity index is 766. The van der Waals surface area contributed by atoms with Crippen molar-refractivity contribution in [2.75, 3.05) is 0 Å². The van der Waals surface area contributed by atoms with Crippen LogP contribution in [0, 0.1) is 16.0 Å². The quantitative estimate of drug-likeness (QED) is 0.452. The zero-order valence-electron chi connectivity index (χ0n) is 15.1. The normalized spacial score (nSPS) is 23.3. The fourth-order valence-electron chi connectivity index (χ4n) is 3.76. The van der Waals surface area contributed by atoms with Gasteiger partial charge in [0.25, 0.3) is 5.69 Å². The SMILES string of the molecule is CCC1=NN=C(C)C(C(=O)OC2CCCC2)C1c1cccc([N+](=O)[O-])c1. The van der Waals surface area contributed by atoms with Gasteiger partial charge in [0, 0.05) is 23.8 Å². The van der Waals surface area contributed by atoms with Gasteiger partial charge >= 0.3 is 5.97 Å². The minimum Gasteiger partial charge on any atom is -0.462 e. The molecule has 7 heteroatoms. The summed E-state index contributed by atoms with van der Waals surface area (Å²) >= 11 is 0. The van der Waals surface area contributed by atoms with Gasteiger partial charge in [-0.3, -0.25) is 14.9 Å². The van der Waals surface area contributed by atoms with Crippen LogP contribution in [0.1, 0.15) is 57.4 Å². The molecule has 0 aromatic heterocycles. The molecule has 2 aliphatic rings. The van der Waals surface area contributed by atoms with E-state index in [1.807, 2.05) is 6.92 Å². The minimum absolute atomic E-state index is 0.000952. The van der Waals surface area contributed by atoms with Crippen molar-refractivity contribution in [2.24, 2.45) is 16.1 Å². The monoisotopic (exact) mass is 357 g/mol. The number of carbonyl (C=O) groups excluding carboxylic acids is 1. The topological polar surface area (TPSA) is 94.2 Å². The van der Waals surface area contributed by atoms with Crippen molar-refractivity contribution in [3.8, 4) is 0 Å². The first-order valence-electron chi connectivity index (χ1n) is 9.07. The number of esters is 1. The lowest BCUT2D eigenvalue weighted by Gasteiger charge is -2.30. The molecule has 0 saturated heterocycles. The first kappa shape index (κ1) is 18.2. The van der Waals surface area contributed by atoms with Crippen LogP contribution in [0.4, 0.5) is 5.69 Å². The summed E-state index contributed by atoms with van der Waals surface area (Å²) in [5.41, 5.74) is 2.02. The number of nitro benzene ring substituents is 1. The van der Waals surface area contributed by atoms with E-state index < -0.39 is 10.8 Å². The molecule has 0 spiro atoms. The van der Waals surface area contributed by atoms with Gasteiger partial charge in [-0.1, -0.05) is 19.1 Å². The van der Waals surface area contributed by atoms with E-state index in [2.05, 4.69) is 10.2 Å². The molecule has 26 heavy (non-hydrogen) atoms. The molecular formula is C19H23N3O4. The maximum atomic E-state index is 12.9. The molecule has 1 saturated carbocycles. The van der Waals surface area contributed by atoms with Crippen molar-refractivity contribution in [2.45, 2.75) is 58.0 Å². The van der Waals surface area contributed by atoms with Crippen molar-refractivity contribution in [3.63, 3.8) is 0 Å². The van der Waals surface area contributed by atoms with Crippen molar-refractivity contribution >= 4 is 23.1 Å². The molecule has 0 bridgehead atoms. The molecule has 7 nitrogen and oxygen atoms in total. The van der Waals surface area contributed by atoms with Crippen LogP contribution in [-0.2, 0) is 9.53 Å². The maximum absolute atomic E-state index is 12.9. The van der Waals surface area contributed by atoms with E-state index in [-0.39, 0.29) is 23.7 Å². The first-order chi connectivity index (χ1) is 12.5. The van der Waals surface area contributed by atoms with Crippen LogP contribution < -0.4 is 0 Å². The number of ether oxygens (including phenoxy) is 1. The highest BCUT2D eigenvalue weighted by molar-refractivity contribution is 6.10. The summed E-state index contributed by atoms with van der Waals surface area (Å²) in [4.78, 5) is 23.7. The molecule has 1 aromatic rings. The van der Waals surface area contributed by atoms with Gasteiger partial charge in [0.05, 0.1) is 10.6 Å². The Morgan fingerprint density at radius 2 is 2.04 bits per heavy atom. The lowest BCUT2D eigenvalue weighted by atomic mass is 9.78. The Labute approximate surface area is 152 Å². The molecule has 1 heterocycles. The van der Waals surface area contributed by atoms with Crippen LogP contribution in [0.2, 0.25) is 0 Å². The number of nitrogens with zero attached hydrogens (tertiary/aromatic N) is 3. The van der Waals surface area contributed by atoms with Gasteiger partial charge in [0.15, 0.2) is 0 Å². The van der Waals surface area contributed by atoms with Crippen molar-refractivity contribution in [1.82, 2.24) is 0 Å². The van der Waals surface area contributed by atoms with Crippen LogP contribution in [-0.4, -0.2) is 28.4 Å². The second-order valence-corrected chi connectivity index (χ2v) is 6.84. The predicted octanol–water partition coefficient (Wildman–Crippen LogP) is 4.02. The Hall–Kier alpha value is -2.57. The highest BCUT2D eigenvalue weighted by Gasteiger charge is 2.40. The molecule has 0 N–H and O–H groups in total. The fourth-order valence-corrected chi connectivity index (χ4v) is 3.76. The Morgan fingerprint density at radius 1 is 1.31 bits per heavy atom. The molecule has 3 rings (SSSR count). The second kappa shape index (κ2) is 7.76. The van der Waals surface area contributed by atoms with Gasteiger partial charge in [0.1, 0.15) is 12.0 Å². The molecule has 2 unspecified atom stereocenters. The van der Waals surface area contributed by atoms with E-state index >= 15 is 0 Å². The van der Waals surface area contributed by atoms with E-state index in [0.717, 1.165) is 31.4 Å². The standard InChI is InChI=1S/C19H23N3O4/c1-3-16-18(13-7-6-8-14(11-13)22(24)25)17(12(2)20-21-16)19(23)26-15-9-4-5-10-15/h6-8,11,15,17-18H,3-5,9-10H2,1-2H3. The zero-order valence-corrected chi connectivity index (χ0v) is 15.1. The molecule has 1 aliphatic carbocycles. The molecule has 1 fully saturated rings. The number of nitro groups is 1. The number of benzene rings is 1. The third-order valence-electron chi connectivity index (χ3n) is 5.12. The van der Waals surface area contributed by atoms with E-state index in [9.17, 15) is 14.9 Å². The number of non-ortho nitro benzene ring substituents is 1. The van der Waals surface area contributed by atoms with Gasteiger partial charge in [-0.2, -0.15) is 10.2 Å². The van der Waals surface area contributed by atoms with Crippen molar-refractivity contribution in [3.05, 3.63) is 39.9 Å². The molecule has 1 aliphatic heterocycles. The van der Waals surface area contributed by atoms with Crippen LogP contribution in [0.5, 0.6) is 0 Å². The van der Waals surface area contributed by atoms with Crippen LogP contribution in [0.15, 0.2) is 34.5 Å². The predicted molar refractivity (Wildman–Crippen MR) is 98.5 cm³/mol. The van der Waals surface area contributed by atoms with Crippen LogP contribution in [0.3, 0.4) is 0 Å². The lowest BCUT2D eigenvalue weighted by Crippen LogP contribution is -2.37. The van der Waals surface area contributed by atoms with Gasteiger partial charge in [-0.05, 0) is 44.6 Å². The van der Waals surface area contributed by atoms with Gasteiger partial charge in [-0.15, -0.1) is 0 Å². The fraction of sp³-hybridized carbons (Fsp3) is 0.526. The average Bonchev–Trinajstić information content (AvgIpc) is 3.14. The highest BCUT2D eigenvalue weighted by Crippen LogP contribution is 2.35. The molecule has 0 radical (unpaired) electrons. The van der Waals surface area contributed by atoms with Crippen LogP contribution in [0.25, 0.3) is 0 Å². The third-order valence-corrected chi connectivity index (χ3v) is 5.12. The summed E-state index contributed by atoms with van der Waals surface area (Å²) in [6.45, 7) is 3.71. The Morgan fingerprint density at radius 3 is 2.69 bits per heavy atom. The summed E-state index contributed by atoms with van der Waals surface area (Å²) in [6.07, 6.45) is 4.51. The summed E-state index contributed by atoms with van der Waals surface area (Å²) in [5.74, 6) is -1.29. The molecule has 138 valence electrons. The maximum Gasteiger partial charge on any atom is 0.316 e. The minimum atomic E-state index is -0.593. The van der Waals surface area contributed by atoms with E-state index in [0.29, 0.717) is 17.7 Å². The summed E-state index contributed by atoms with van der Waals surface area (Å²) in [7, 11) is 0. The lowest BCUT2D eigenvalue weighted by molar-refractivity contribution is -0.384. The van der Waals surface area contributed by atoms with E-state index in [1.54, 1.807) is 19.1 Å². The van der Waals surface area contributed by atoms with Crippen molar-refractivity contribution in [1.29, 1.82) is 0 Å². The summed E-state index contributed by atoms with van der Waals surface area (Å²) in [6, 6.07) is 6.41. The van der Waals surface area contributed by atoms with Gasteiger partial charge < -0.3 is 4.74 Å². The second-order valence-electron chi connectivity index (χ2n) is 6.84. The van der Waals surface area contributed by atoms with Crippen molar-refractivity contribution < 1.29 is 14.5 Å². The first-order valence-corrected chi connectivity index (χ1v) is 9.07. The zero-order chi connectivity index (χ0) is 18.7. The summed E-state index contributed by atoms with van der Waals surface area (Å²) in [5, 5.41) is 19.6. The summed E-state index contributed by atoms with van der Waals surface area (Å²) < 4.78 is 5.73.